The predicted molar refractivity (Wildman–Crippen MR) is 79.9 cm³/mol. The van der Waals surface area contributed by atoms with E-state index >= 15 is 0 Å². The molecule has 0 spiro atoms. The van der Waals surface area contributed by atoms with Gasteiger partial charge < -0.3 is 4.74 Å². The van der Waals surface area contributed by atoms with Crippen molar-refractivity contribution in [3.63, 3.8) is 0 Å². The normalized spacial score (nSPS) is 11.6. The standard InChI is InChI=1S/C14H14F3N3O2S/c1-8(2)10-6-23-13(19-10)20-12(21)9-3-4-11(18-5-9)22-7-14(15,16)17/h3-6,8H,7H2,1-2H3,(H,19,20,21). The van der Waals surface area contributed by atoms with E-state index in [-0.39, 0.29) is 17.4 Å². The molecule has 0 unspecified atom stereocenters. The first-order chi connectivity index (χ1) is 10.7. The second-order valence-corrected chi connectivity index (χ2v) is 5.83. The maximum absolute atomic E-state index is 12.0. The lowest BCUT2D eigenvalue weighted by atomic mass is 10.2. The number of nitrogens with one attached hydrogen (secondary N) is 1. The summed E-state index contributed by atoms with van der Waals surface area (Å²) in [7, 11) is 0. The minimum atomic E-state index is -4.43. The predicted octanol–water partition coefficient (Wildman–Crippen LogP) is 3.85. The fourth-order valence-electron chi connectivity index (χ4n) is 1.53. The Bertz CT molecular complexity index is 669. The summed E-state index contributed by atoms with van der Waals surface area (Å²) in [5.74, 6) is -0.386. The average molecular weight is 345 g/mol. The van der Waals surface area contributed by atoms with Crippen LogP contribution in [0.5, 0.6) is 5.88 Å². The van der Waals surface area contributed by atoms with Gasteiger partial charge in [-0.05, 0) is 12.0 Å². The molecule has 0 aliphatic rings. The van der Waals surface area contributed by atoms with Gasteiger partial charge in [-0.25, -0.2) is 9.97 Å². The number of ether oxygens (including phenoxy) is 1. The van der Waals surface area contributed by atoms with Crippen molar-refractivity contribution < 1.29 is 22.7 Å². The number of pyridine rings is 1. The Morgan fingerprint density at radius 2 is 2.13 bits per heavy atom. The van der Waals surface area contributed by atoms with E-state index in [1.54, 1.807) is 0 Å². The first-order valence-electron chi connectivity index (χ1n) is 6.67. The second kappa shape index (κ2) is 6.95. The summed E-state index contributed by atoms with van der Waals surface area (Å²) in [4.78, 5) is 20.0. The Kier molecular flexibility index (Phi) is 5.19. The van der Waals surface area contributed by atoms with E-state index in [1.165, 1.54) is 23.5 Å². The van der Waals surface area contributed by atoms with Gasteiger partial charge in [0.1, 0.15) is 0 Å². The molecule has 0 aliphatic carbocycles. The molecular formula is C14H14F3N3O2S. The minimum Gasteiger partial charge on any atom is -0.468 e. The van der Waals surface area contributed by atoms with Crippen LogP contribution in [0.25, 0.3) is 0 Å². The van der Waals surface area contributed by atoms with E-state index in [4.69, 9.17) is 0 Å². The van der Waals surface area contributed by atoms with E-state index in [9.17, 15) is 18.0 Å². The van der Waals surface area contributed by atoms with Gasteiger partial charge in [0.05, 0.1) is 11.3 Å². The largest absolute Gasteiger partial charge is 0.468 e. The molecule has 23 heavy (non-hydrogen) atoms. The number of thiazole rings is 1. The van der Waals surface area contributed by atoms with Crippen LogP contribution in [0.3, 0.4) is 0 Å². The molecule has 2 aromatic rings. The summed E-state index contributed by atoms with van der Waals surface area (Å²) < 4.78 is 40.6. The Hall–Kier alpha value is -2.16. The highest BCUT2D eigenvalue weighted by Gasteiger charge is 2.28. The summed E-state index contributed by atoms with van der Waals surface area (Å²) in [6, 6.07) is 2.55. The zero-order valence-electron chi connectivity index (χ0n) is 12.3. The van der Waals surface area contributed by atoms with Crippen molar-refractivity contribution >= 4 is 22.4 Å². The average Bonchev–Trinajstić information content (AvgIpc) is 2.93. The molecule has 1 amide bonds. The van der Waals surface area contributed by atoms with Crippen LogP contribution in [0, 0.1) is 0 Å². The van der Waals surface area contributed by atoms with Gasteiger partial charge in [-0.3, -0.25) is 10.1 Å². The SMILES string of the molecule is CC(C)c1csc(NC(=O)c2ccc(OCC(F)(F)F)nc2)n1. The molecule has 2 heterocycles. The van der Waals surface area contributed by atoms with Crippen LogP contribution in [0.4, 0.5) is 18.3 Å². The van der Waals surface area contributed by atoms with Crippen molar-refractivity contribution in [2.24, 2.45) is 0 Å². The number of amides is 1. The molecule has 1 N–H and O–H groups in total. The smallest absolute Gasteiger partial charge is 0.422 e. The molecule has 0 atom stereocenters. The number of halogens is 3. The topological polar surface area (TPSA) is 64.1 Å². The monoisotopic (exact) mass is 345 g/mol. The summed E-state index contributed by atoms with van der Waals surface area (Å²) >= 11 is 1.30. The number of carbonyl (C=O) groups is 1. The van der Waals surface area contributed by atoms with Crippen LogP contribution in [0.1, 0.15) is 35.8 Å². The van der Waals surface area contributed by atoms with Gasteiger partial charge in [0.15, 0.2) is 11.7 Å². The van der Waals surface area contributed by atoms with Crippen molar-refractivity contribution in [2.75, 3.05) is 11.9 Å². The fourth-order valence-corrected chi connectivity index (χ4v) is 2.40. The highest BCUT2D eigenvalue weighted by atomic mass is 32.1. The molecule has 0 fully saturated rings. The number of alkyl halides is 3. The van der Waals surface area contributed by atoms with Crippen LogP contribution >= 0.6 is 11.3 Å². The number of hydrogen-bond acceptors (Lipinski definition) is 5. The molecular weight excluding hydrogens is 331 g/mol. The lowest BCUT2D eigenvalue weighted by molar-refractivity contribution is -0.154. The van der Waals surface area contributed by atoms with Crippen LogP contribution in [-0.2, 0) is 0 Å². The molecule has 0 bridgehead atoms. The summed E-state index contributed by atoms with van der Waals surface area (Å²) in [6.45, 7) is 2.55. The number of aromatic nitrogens is 2. The molecule has 124 valence electrons. The van der Waals surface area contributed by atoms with Crippen molar-refractivity contribution in [3.05, 3.63) is 35.0 Å². The van der Waals surface area contributed by atoms with Crippen molar-refractivity contribution in [2.45, 2.75) is 25.9 Å². The van der Waals surface area contributed by atoms with Gasteiger partial charge in [0.2, 0.25) is 5.88 Å². The molecule has 0 saturated carbocycles. The molecule has 9 heteroatoms. The van der Waals surface area contributed by atoms with Gasteiger partial charge in [0.25, 0.3) is 5.91 Å². The van der Waals surface area contributed by atoms with Crippen LogP contribution in [-0.4, -0.2) is 28.7 Å². The Morgan fingerprint density at radius 1 is 1.39 bits per heavy atom. The molecule has 0 aliphatic heterocycles. The molecule has 2 aromatic heterocycles. The number of rotatable bonds is 5. The third-order valence-corrected chi connectivity index (χ3v) is 3.49. The number of anilines is 1. The molecule has 2 rings (SSSR count). The number of nitrogens with zero attached hydrogens (tertiary/aromatic N) is 2. The van der Waals surface area contributed by atoms with Gasteiger partial charge in [-0.2, -0.15) is 13.2 Å². The third-order valence-electron chi connectivity index (χ3n) is 2.72. The lowest BCUT2D eigenvalue weighted by Crippen LogP contribution is -2.19. The molecule has 5 nitrogen and oxygen atoms in total. The zero-order valence-corrected chi connectivity index (χ0v) is 13.2. The van der Waals surface area contributed by atoms with E-state index in [2.05, 4.69) is 20.0 Å². The minimum absolute atomic E-state index is 0.199. The maximum atomic E-state index is 12.0. The van der Waals surface area contributed by atoms with Gasteiger partial charge in [-0.1, -0.05) is 13.8 Å². The maximum Gasteiger partial charge on any atom is 0.422 e. The number of carbonyl (C=O) groups excluding carboxylic acids is 1. The van der Waals surface area contributed by atoms with Crippen molar-refractivity contribution in [3.8, 4) is 5.88 Å². The van der Waals surface area contributed by atoms with Gasteiger partial charge in [0, 0.05) is 17.6 Å². The van der Waals surface area contributed by atoms with Crippen LogP contribution < -0.4 is 10.1 Å². The quantitative estimate of drug-likeness (QED) is 0.894. The Labute approximate surface area is 134 Å². The number of hydrogen-bond donors (Lipinski definition) is 1. The molecule has 0 saturated heterocycles. The van der Waals surface area contributed by atoms with Crippen LogP contribution in [0.2, 0.25) is 0 Å². The summed E-state index contributed by atoms with van der Waals surface area (Å²) in [5, 5.41) is 4.93. The molecule has 0 aromatic carbocycles. The van der Waals surface area contributed by atoms with Crippen molar-refractivity contribution in [1.29, 1.82) is 0 Å². The summed E-state index contributed by atoms with van der Waals surface area (Å²) in [6.07, 6.45) is -3.28. The van der Waals surface area contributed by atoms with E-state index < -0.39 is 18.7 Å². The van der Waals surface area contributed by atoms with E-state index in [0.29, 0.717) is 5.13 Å². The van der Waals surface area contributed by atoms with E-state index in [0.717, 1.165) is 11.9 Å². The second-order valence-electron chi connectivity index (χ2n) is 4.98. The highest BCUT2D eigenvalue weighted by Crippen LogP contribution is 2.22. The first-order valence-corrected chi connectivity index (χ1v) is 7.55. The van der Waals surface area contributed by atoms with E-state index in [1.807, 2.05) is 19.2 Å². The highest BCUT2D eigenvalue weighted by molar-refractivity contribution is 7.14. The first kappa shape index (κ1) is 17.2. The third kappa shape index (κ3) is 5.20. The molecule has 0 radical (unpaired) electrons. The van der Waals surface area contributed by atoms with Gasteiger partial charge >= 0.3 is 6.18 Å². The van der Waals surface area contributed by atoms with Crippen LogP contribution in [0.15, 0.2) is 23.7 Å². The fraction of sp³-hybridized carbons (Fsp3) is 0.357. The zero-order chi connectivity index (χ0) is 17.0. The summed E-state index contributed by atoms with van der Waals surface area (Å²) in [5.41, 5.74) is 1.07. The van der Waals surface area contributed by atoms with Crippen molar-refractivity contribution in [1.82, 2.24) is 9.97 Å². The Balaban J connectivity index is 1.96. The lowest BCUT2D eigenvalue weighted by Gasteiger charge is -2.08. The van der Waals surface area contributed by atoms with Gasteiger partial charge in [-0.15, -0.1) is 11.3 Å². The Morgan fingerprint density at radius 3 is 2.65 bits per heavy atom.